The molecule has 1 aliphatic carbocycles. The Bertz CT molecular complexity index is 819. The second kappa shape index (κ2) is 7.74. The van der Waals surface area contributed by atoms with Crippen LogP contribution >= 0.6 is 11.8 Å². The number of amides is 1. The SMILES string of the molecule is O=C1CSC(c2ccccc2)c2c(n(C3CCCCCCC3)[nH]c2=O)N1. The van der Waals surface area contributed by atoms with Gasteiger partial charge in [-0.05, 0) is 18.4 Å². The van der Waals surface area contributed by atoms with Crippen LogP contribution in [0.2, 0.25) is 0 Å². The minimum atomic E-state index is -0.122. The van der Waals surface area contributed by atoms with Gasteiger partial charge in [0.05, 0.1) is 22.6 Å². The highest BCUT2D eigenvalue weighted by atomic mass is 32.2. The number of aromatic amines is 1. The molecule has 2 aliphatic rings. The monoisotopic (exact) mass is 371 g/mol. The maximum Gasteiger partial charge on any atom is 0.270 e. The summed E-state index contributed by atoms with van der Waals surface area (Å²) >= 11 is 1.52. The molecule has 1 amide bonds. The first-order valence-corrected chi connectivity index (χ1v) is 10.6. The molecule has 1 saturated carbocycles. The number of hydrogen-bond donors (Lipinski definition) is 2. The molecule has 0 bridgehead atoms. The van der Waals surface area contributed by atoms with Gasteiger partial charge in [0.15, 0.2) is 0 Å². The maximum atomic E-state index is 12.9. The quantitative estimate of drug-likeness (QED) is 0.830. The zero-order valence-electron chi connectivity index (χ0n) is 14.9. The van der Waals surface area contributed by atoms with E-state index in [1.165, 1.54) is 43.9 Å². The normalized spacial score (nSPS) is 22.0. The van der Waals surface area contributed by atoms with E-state index in [0.717, 1.165) is 18.4 Å². The molecule has 1 atom stereocenters. The Morgan fingerprint density at radius 3 is 2.38 bits per heavy atom. The van der Waals surface area contributed by atoms with Crippen molar-refractivity contribution in [2.45, 2.75) is 56.2 Å². The van der Waals surface area contributed by atoms with Gasteiger partial charge in [-0.3, -0.25) is 19.4 Å². The zero-order chi connectivity index (χ0) is 17.9. The molecule has 0 spiro atoms. The summed E-state index contributed by atoms with van der Waals surface area (Å²) in [5.74, 6) is 1.01. The lowest BCUT2D eigenvalue weighted by molar-refractivity contribution is -0.113. The number of nitrogens with one attached hydrogen (secondary N) is 2. The summed E-state index contributed by atoms with van der Waals surface area (Å²) in [5.41, 5.74) is 1.68. The number of fused-ring (bicyclic) bond motifs is 1. The number of rotatable bonds is 2. The number of nitrogens with zero attached hydrogens (tertiary/aromatic N) is 1. The van der Waals surface area contributed by atoms with Crippen LogP contribution in [0.3, 0.4) is 0 Å². The molecule has 5 nitrogen and oxygen atoms in total. The van der Waals surface area contributed by atoms with Gasteiger partial charge in [-0.25, -0.2) is 0 Å². The third-order valence-corrected chi connectivity index (χ3v) is 6.68. The lowest BCUT2D eigenvalue weighted by Crippen LogP contribution is -2.20. The van der Waals surface area contributed by atoms with Crippen LogP contribution in [0.25, 0.3) is 0 Å². The Morgan fingerprint density at radius 1 is 0.962 bits per heavy atom. The molecular weight excluding hydrogens is 346 g/mol. The first-order valence-electron chi connectivity index (χ1n) is 9.55. The molecule has 4 rings (SSSR count). The summed E-state index contributed by atoms with van der Waals surface area (Å²) < 4.78 is 1.96. The van der Waals surface area contributed by atoms with E-state index in [0.29, 0.717) is 17.1 Å². The fraction of sp³-hybridized carbons (Fsp3) is 0.500. The van der Waals surface area contributed by atoms with Crippen LogP contribution < -0.4 is 10.9 Å². The summed E-state index contributed by atoms with van der Waals surface area (Å²) in [5, 5.41) is 5.95. The summed E-state index contributed by atoms with van der Waals surface area (Å²) in [6.45, 7) is 0. The predicted molar refractivity (Wildman–Crippen MR) is 106 cm³/mol. The van der Waals surface area contributed by atoms with Crippen molar-refractivity contribution in [3.8, 4) is 0 Å². The van der Waals surface area contributed by atoms with Crippen LogP contribution in [0.15, 0.2) is 35.1 Å². The molecule has 1 aliphatic heterocycles. The number of anilines is 1. The maximum absolute atomic E-state index is 12.9. The van der Waals surface area contributed by atoms with Crippen molar-refractivity contribution in [1.29, 1.82) is 0 Å². The van der Waals surface area contributed by atoms with Gasteiger partial charge in [0.25, 0.3) is 5.56 Å². The molecule has 138 valence electrons. The van der Waals surface area contributed by atoms with E-state index < -0.39 is 0 Å². The van der Waals surface area contributed by atoms with Crippen LogP contribution in [0.4, 0.5) is 5.82 Å². The van der Waals surface area contributed by atoms with E-state index in [4.69, 9.17) is 0 Å². The molecule has 2 heterocycles. The van der Waals surface area contributed by atoms with Gasteiger partial charge >= 0.3 is 0 Å². The van der Waals surface area contributed by atoms with E-state index in [1.54, 1.807) is 0 Å². The average Bonchev–Trinajstić information content (AvgIpc) is 2.82. The molecular formula is C20H25N3O2S. The number of carbonyl (C=O) groups is 1. The molecule has 1 aromatic heterocycles. The third kappa shape index (κ3) is 3.47. The van der Waals surface area contributed by atoms with E-state index in [1.807, 2.05) is 35.0 Å². The summed E-state index contributed by atoms with van der Waals surface area (Å²) in [6, 6.07) is 10.3. The Balaban J connectivity index is 1.77. The van der Waals surface area contributed by atoms with Crippen molar-refractivity contribution >= 4 is 23.5 Å². The smallest absolute Gasteiger partial charge is 0.270 e. The van der Waals surface area contributed by atoms with Crippen LogP contribution in [-0.2, 0) is 4.79 Å². The van der Waals surface area contributed by atoms with Crippen LogP contribution in [0, 0.1) is 0 Å². The van der Waals surface area contributed by atoms with E-state index >= 15 is 0 Å². The minimum absolute atomic E-state index is 0.0340. The Hall–Kier alpha value is -1.95. The average molecular weight is 372 g/mol. The van der Waals surface area contributed by atoms with Crippen molar-refractivity contribution < 1.29 is 4.79 Å². The molecule has 1 fully saturated rings. The Labute approximate surface area is 157 Å². The lowest BCUT2D eigenvalue weighted by atomic mass is 9.96. The van der Waals surface area contributed by atoms with Gasteiger partial charge in [-0.15, -0.1) is 11.8 Å². The first kappa shape index (κ1) is 17.5. The highest BCUT2D eigenvalue weighted by Crippen LogP contribution is 2.41. The fourth-order valence-corrected chi connectivity index (χ4v) is 5.23. The second-order valence-electron chi connectivity index (χ2n) is 7.22. The summed E-state index contributed by atoms with van der Waals surface area (Å²) in [6.07, 6.45) is 8.25. The van der Waals surface area contributed by atoms with Crippen molar-refractivity contribution in [3.05, 3.63) is 51.8 Å². The third-order valence-electron chi connectivity index (χ3n) is 5.41. The van der Waals surface area contributed by atoms with E-state index in [9.17, 15) is 9.59 Å². The first-order chi connectivity index (χ1) is 12.7. The van der Waals surface area contributed by atoms with Gasteiger partial charge in [0, 0.05) is 0 Å². The Kier molecular flexibility index (Phi) is 5.20. The van der Waals surface area contributed by atoms with Crippen LogP contribution in [-0.4, -0.2) is 21.4 Å². The minimum Gasteiger partial charge on any atom is -0.310 e. The van der Waals surface area contributed by atoms with Crippen molar-refractivity contribution in [1.82, 2.24) is 9.78 Å². The number of aromatic nitrogens is 2. The number of carbonyl (C=O) groups excluding carboxylic acids is 1. The molecule has 1 unspecified atom stereocenters. The standard InChI is InChI=1S/C20H25N3O2S/c24-16-13-26-18(14-9-5-4-6-10-14)17-19(21-16)23(22-20(17)25)15-11-7-2-1-3-8-12-15/h4-6,9-10,15,18H,1-3,7-8,11-13H2,(H,21,24)(H,22,25). The highest BCUT2D eigenvalue weighted by molar-refractivity contribution is 8.00. The van der Waals surface area contributed by atoms with Gasteiger partial charge in [-0.1, -0.05) is 62.4 Å². The number of thioether (sulfide) groups is 1. The molecule has 2 N–H and O–H groups in total. The molecule has 1 aromatic carbocycles. The van der Waals surface area contributed by atoms with Crippen LogP contribution in [0.1, 0.15) is 67.4 Å². The van der Waals surface area contributed by atoms with Gasteiger partial charge in [0.2, 0.25) is 5.91 Å². The second-order valence-corrected chi connectivity index (χ2v) is 8.32. The molecule has 26 heavy (non-hydrogen) atoms. The number of benzene rings is 1. The fourth-order valence-electron chi connectivity index (χ4n) is 4.10. The van der Waals surface area contributed by atoms with Crippen molar-refractivity contribution in [2.24, 2.45) is 0 Å². The van der Waals surface area contributed by atoms with Crippen molar-refractivity contribution in [3.63, 3.8) is 0 Å². The van der Waals surface area contributed by atoms with Crippen molar-refractivity contribution in [2.75, 3.05) is 11.1 Å². The largest absolute Gasteiger partial charge is 0.310 e. The van der Waals surface area contributed by atoms with Gasteiger partial charge in [-0.2, -0.15) is 0 Å². The van der Waals surface area contributed by atoms with Gasteiger partial charge in [0.1, 0.15) is 5.82 Å². The number of H-pyrrole nitrogens is 1. The predicted octanol–water partition coefficient (Wildman–Crippen LogP) is 4.24. The lowest BCUT2D eigenvalue weighted by Gasteiger charge is -2.23. The summed E-state index contributed by atoms with van der Waals surface area (Å²) in [7, 11) is 0. The molecule has 0 saturated heterocycles. The summed E-state index contributed by atoms with van der Waals surface area (Å²) in [4.78, 5) is 25.2. The van der Waals surface area contributed by atoms with Gasteiger partial charge < -0.3 is 5.32 Å². The van der Waals surface area contributed by atoms with E-state index in [2.05, 4.69) is 10.4 Å². The molecule has 2 aromatic rings. The molecule has 0 radical (unpaired) electrons. The highest BCUT2D eigenvalue weighted by Gasteiger charge is 2.32. The zero-order valence-corrected chi connectivity index (χ0v) is 15.7. The number of hydrogen-bond acceptors (Lipinski definition) is 3. The topological polar surface area (TPSA) is 66.9 Å². The Morgan fingerprint density at radius 2 is 1.65 bits per heavy atom. The van der Waals surface area contributed by atoms with Crippen LogP contribution in [0.5, 0.6) is 0 Å². The molecule has 6 heteroatoms. The van der Waals surface area contributed by atoms with E-state index in [-0.39, 0.29) is 22.8 Å².